The number of hydrogen-bond donors (Lipinski definition) is 0. The third kappa shape index (κ3) is 3.63. The van der Waals surface area contributed by atoms with Gasteiger partial charge in [-0.2, -0.15) is 0 Å². The molecule has 0 spiro atoms. The zero-order chi connectivity index (χ0) is 20.5. The van der Waals surface area contributed by atoms with Gasteiger partial charge in [0.25, 0.3) is 5.69 Å². The van der Waals surface area contributed by atoms with Crippen molar-refractivity contribution in [2.24, 2.45) is 0 Å². The number of rotatable bonds is 4. The second kappa shape index (κ2) is 7.71. The van der Waals surface area contributed by atoms with E-state index in [0.29, 0.717) is 24.7 Å². The van der Waals surface area contributed by atoms with Crippen molar-refractivity contribution in [2.45, 2.75) is 25.6 Å². The molecule has 1 aliphatic heterocycles. The number of hydrogen-bond acceptors (Lipinski definition) is 3. The maximum Gasteiger partial charge on any atom is 0.273 e. The molecule has 0 amide bonds. The van der Waals surface area contributed by atoms with Gasteiger partial charge in [0, 0.05) is 54.8 Å². The van der Waals surface area contributed by atoms with Gasteiger partial charge in [0.2, 0.25) is 0 Å². The van der Waals surface area contributed by atoms with E-state index in [0.717, 1.165) is 18.2 Å². The van der Waals surface area contributed by atoms with Crippen molar-refractivity contribution in [1.82, 2.24) is 9.47 Å². The fraction of sp³-hybridized carbons (Fsp3) is 0.238. The van der Waals surface area contributed by atoms with E-state index < -0.39 is 28.4 Å². The average Bonchev–Trinajstić information content (AvgIpc) is 3.07. The molecule has 2 aromatic carbocycles. The third-order valence-corrected chi connectivity index (χ3v) is 5.25. The SMILES string of the molecule is O=[N+]([O-])c1ccccc1CN1CCCn2cccc2[C@H]1c1cc(F)c(F)cc1F. The minimum Gasteiger partial charge on any atom is -0.350 e. The molecule has 4 rings (SSSR count). The largest absolute Gasteiger partial charge is 0.350 e. The Kier molecular flexibility index (Phi) is 5.10. The highest BCUT2D eigenvalue weighted by Gasteiger charge is 2.31. The number of fused-ring (bicyclic) bond motifs is 1. The Balaban J connectivity index is 1.82. The molecule has 5 nitrogen and oxygen atoms in total. The van der Waals surface area contributed by atoms with Crippen LogP contribution in [0.25, 0.3) is 0 Å². The minimum absolute atomic E-state index is 0.00401. The van der Waals surface area contributed by atoms with E-state index in [4.69, 9.17) is 0 Å². The highest BCUT2D eigenvalue weighted by Crippen LogP contribution is 2.36. The number of nitro groups is 1. The first-order valence-corrected chi connectivity index (χ1v) is 9.21. The lowest BCUT2D eigenvalue weighted by atomic mass is 9.99. The lowest BCUT2D eigenvalue weighted by molar-refractivity contribution is -0.385. The summed E-state index contributed by atoms with van der Waals surface area (Å²) in [4.78, 5) is 12.8. The monoisotopic (exact) mass is 401 g/mol. The molecule has 0 saturated heterocycles. The standard InChI is InChI=1S/C21H18F3N3O2/c22-16-12-18(24)17(23)11-15(16)21-20-7-3-8-25(20)9-4-10-26(21)13-14-5-1-2-6-19(14)27(28)29/h1-3,5-8,11-12,21H,4,9-10,13H2/t21-/m1/s1. The van der Waals surface area contributed by atoms with Gasteiger partial charge < -0.3 is 4.57 Å². The highest BCUT2D eigenvalue weighted by molar-refractivity contribution is 5.40. The number of para-hydroxylation sites is 1. The summed E-state index contributed by atoms with van der Waals surface area (Å²) in [5.74, 6) is -3.23. The number of aryl methyl sites for hydroxylation is 1. The molecular weight excluding hydrogens is 383 g/mol. The van der Waals surface area contributed by atoms with Gasteiger partial charge >= 0.3 is 0 Å². The molecule has 8 heteroatoms. The molecule has 1 aromatic heterocycles. The lowest BCUT2D eigenvalue weighted by Gasteiger charge is -2.30. The summed E-state index contributed by atoms with van der Waals surface area (Å²) in [5, 5.41) is 11.4. The molecule has 1 aliphatic rings. The van der Waals surface area contributed by atoms with Crippen molar-refractivity contribution >= 4 is 5.69 Å². The minimum atomic E-state index is -1.25. The highest BCUT2D eigenvalue weighted by atomic mass is 19.2. The Hall–Kier alpha value is -3.13. The molecule has 3 aromatic rings. The smallest absolute Gasteiger partial charge is 0.273 e. The Morgan fingerprint density at radius 2 is 1.76 bits per heavy atom. The first kappa shape index (κ1) is 19.2. The number of nitro benzene ring substituents is 1. The van der Waals surface area contributed by atoms with Gasteiger partial charge in [-0.1, -0.05) is 18.2 Å². The van der Waals surface area contributed by atoms with Crippen LogP contribution >= 0.6 is 0 Å². The van der Waals surface area contributed by atoms with Gasteiger partial charge in [-0.05, 0) is 24.6 Å². The van der Waals surface area contributed by atoms with Gasteiger partial charge in [0.15, 0.2) is 11.6 Å². The summed E-state index contributed by atoms with van der Waals surface area (Å²) in [6.07, 6.45) is 2.58. The van der Waals surface area contributed by atoms with Crippen LogP contribution < -0.4 is 0 Å². The van der Waals surface area contributed by atoms with E-state index in [1.807, 2.05) is 27.8 Å². The summed E-state index contributed by atoms with van der Waals surface area (Å²) >= 11 is 0. The predicted octanol–water partition coefficient (Wildman–Crippen LogP) is 4.81. The summed E-state index contributed by atoms with van der Waals surface area (Å²) < 4.78 is 44.2. The van der Waals surface area contributed by atoms with E-state index in [1.54, 1.807) is 18.2 Å². The molecule has 0 saturated carbocycles. The maximum absolute atomic E-state index is 14.7. The van der Waals surface area contributed by atoms with Crippen LogP contribution in [0.2, 0.25) is 0 Å². The van der Waals surface area contributed by atoms with Crippen molar-refractivity contribution in [3.05, 3.63) is 99.1 Å². The molecule has 0 unspecified atom stereocenters. The van der Waals surface area contributed by atoms with Gasteiger partial charge in [-0.3, -0.25) is 15.0 Å². The molecule has 2 heterocycles. The molecule has 0 radical (unpaired) electrons. The number of halogens is 3. The van der Waals surface area contributed by atoms with E-state index in [9.17, 15) is 23.3 Å². The third-order valence-electron chi connectivity index (χ3n) is 5.25. The van der Waals surface area contributed by atoms with E-state index in [-0.39, 0.29) is 17.8 Å². The van der Waals surface area contributed by atoms with E-state index in [1.165, 1.54) is 6.07 Å². The van der Waals surface area contributed by atoms with Crippen LogP contribution in [0.15, 0.2) is 54.7 Å². The zero-order valence-electron chi connectivity index (χ0n) is 15.4. The van der Waals surface area contributed by atoms with Crippen LogP contribution in [0.5, 0.6) is 0 Å². The summed E-state index contributed by atoms with van der Waals surface area (Å²) in [6, 6.07) is 10.7. The van der Waals surface area contributed by atoms with Crippen LogP contribution in [-0.4, -0.2) is 20.9 Å². The lowest BCUT2D eigenvalue weighted by Crippen LogP contribution is -2.30. The molecular formula is C21H18F3N3O2. The van der Waals surface area contributed by atoms with Crippen LogP contribution in [0, 0.1) is 27.6 Å². The predicted molar refractivity (Wildman–Crippen MR) is 101 cm³/mol. The quantitative estimate of drug-likeness (QED) is 0.358. The van der Waals surface area contributed by atoms with Crippen molar-refractivity contribution in [3.8, 4) is 0 Å². The Labute approximate surface area is 165 Å². The van der Waals surface area contributed by atoms with Crippen LogP contribution in [0.1, 0.15) is 29.3 Å². The van der Waals surface area contributed by atoms with Crippen molar-refractivity contribution < 1.29 is 18.1 Å². The summed E-state index contributed by atoms with van der Waals surface area (Å²) in [7, 11) is 0. The Morgan fingerprint density at radius 1 is 1.00 bits per heavy atom. The second-order valence-corrected chi connectivity index (χ2v) is 7.03. The molecule has 0 aliphatic carbocycles. The molecule has 1 atom stereocenters. The van der Waals surface area contributed by atoms with Crippen molar-refractivity contribution in [2.75, 3.05) is 6.54 Å². The topological polar surface area (TPSA) is 51.3 Å². The molecule has 0 fully saturated rings. The maximum atomic E-state index is 14.7. The van der Waals surface area contributed by atoms with Crippen LogP contribution in [-0.2, 0) is 13.1 Å². The van der Waals surface area contributed by atoms with Gasteiger partial charge in [0.1, 0.15) is 5.82 Å². The number of nitrogens with zero attached hydrogens (tertiary/aromatic N) is 3. The molecule has 150 valence electrons. The van der Waals surface area contributed by atoms with Crippen molar-refractivity contribution in [3.63, 3.8) is 0 Å². The first-order valence-electron chi connectivity index (χ1n) is 9.21. The van der Waals surface area contributed by atoms with Gasteiger partial charge in [0.05, 0.1) is 11.0 Å². The second-order valence-electron chi connectivity index (χ2n) is 7.03. The van der Waals surface area contributed by atoms with E-state index in [2.05, 4.69) is 0 Å². The average molecular weight is 401 g/mol. The first-order chi connectivity index (χ1) is 14.0. The van der Waals surface area contributed by atoms with Gasteiger partial charge in [-0.15, -0.1) is 0 Å². The van der Waals surface area contributed by atoms with Crippen LogP contribution in [0.4, 0.5) is 18.9 Å². The molecule has 0 N–H and O–H groups in total. The normalized spacial score (nSPS) is 17.0. The Bertz CT molecular complexity index is 1070. The van der Waals surface area contributed by atoms with Gasteiger partial charge in [-0.25, -0.2) is 13.2 Å². The molecule has 29 heavy (non-hydrogen) atoms. The number of benzene rings is 2. The van der Waals surface area contributed by atoms with E-state index >= 15 is 0 Å². The summed E-state index contributed by atoms with van der Waals surface area (Å²) in [6.45, 7) is 1.36. The Morgan fingerprint density at radius 3 is 2.55 bits per heavy atom. The number of aromatic nitrogens is 1. The fourth-order valence-electron chi connectivity index (χ4n) is 3.95. The molecule has 0 bridgehead atoms. The zero-order valence-corrected chi connectivity index (χ0v) is 15.4. The summed E-state index contributed by atoms with van der Waals surface area (Å²) in [5.41, 5.74) is 1.18. The van der Waals surface area contributed by atoms with Crippen LogP contribution in [0.3, 0.4) is 0 Å². The van der Waals surface area contributed by atoms with Crippen molar-refractivity contribution in [1.29, 1.82) is 0 Å². The fourth-order valence-corrected chi connectivity index (χ4v) is 3.95.